The topological polar surface area (TPSA) is 131 Å². The minimum absolute atomic E-state index is 0.273. The SMILES string of the molecule is COc1cc(C2N=C(N)Nc3nc4cc5c(cc4n32)OCCCO5)ccc1OCc1c(C)noc1C. The lowest BCUT2D eigenvalue weighted by molar-refractivity contribution is 0.281. The minimum atomic E-state index is -0.471. The number of hydrogen-bond acceptors (Lipinski definition) is 10. The van der Waals surface area contributed by atoms with E-state index in [2.05, 4.69) is 15.5 Å². The van der Waals surface area contributed by atoms with E-state index >= 15 is 0 Å². The van der Waals surface area contributed by atoms with Crippen LogP contribution < -0.4 is 30.0 Å². The second kappa shape index (κ2) is 8.67. The van der Waals surface area contributed by atoms with Crippen LogP contribution >= 0.6 is 0 Å². The number of imidazole rings is 1. The van der Waals surface area contributed by atoms with Crippen LogP contribution in [0.1, 0.15) is 35.2 Å². The van der Waals surface area contributed by atoms with Gasteiger partial charge in [0.2, 0.25) is 5.95 Å². The average Bonchev–Trinajstić information content (AvgIpc) is 3.28. The van der Waals surface area contributed by atoms with E-state index < -0.39 is 6.17 Å². The Morgan fingerprint density at radius 2 is 1.92 bits per heavy atom. The fourth-order valence-corrected chi connectivity index (χ4v) is 4.47. The summed E-state index contributed by atoms with van der Waals surface area (Å²) in [4.78, 5) is 9.42. The monoisotopic (exact) mass is 490 g/mol. The van der Waals surface area contributed by atoms with Crippen LogP contribution in [-0.2, 0) is 6.61 Å². The molecule has 186 valence electrons. The second-order valence-electron chi connectivity index (χ2n) is 8.66. The van der Waals surface area contributed by atoms with Gasteiger partial charge in [-0.25, -0.2) is 9.98 Å². The fourth-order valence-electron chi connectivity index (χ4n) is 4.47. The molecular formula is C25H26N6O5. The molecule has 0 saturated heterocycles. The number of guanidine groups is 1. The molecule has 4 heterocycles. The minimum Gasteiger partial charge on any atom is -0.493 e. The van der Waals surface area contributed by atoms with Crippen molar-refractivity contribution < 1.29 is 23.5 Å². The zero-order valence-corrected chi connectivity index (χ0v) is 20.2. The first-order valence-electron chi connectivity index (χ1n) is 11.7. The number of anilines is 1. The first-order valence-corrected chi connectivity index (χ1v) is 11.7. The van der Waals surface area contributed by atoms with Gasteiger partial charge in [0.15, 0.2) is 35.1 Å². The standard InChI is InChI=1S/C25H26N6O5/c1-13-16(14(2)36-30-13)12-35-19-6-5-15(9-20(19)32-3)23-28-24(26)29-25-27-17-10-21-22(11-18(17)31(23)25)34-8-4-7-33-21/h5-6,9-11,23H,4,7-8,12H2,1-3H3,(H3,26,27,28,29). The van der Waals surface area contributed by atoms with Gasteiger partial charge < -0.3 is 29.2 Å². The highest BCUT2D eigenvalue weighted by atomic mass is 16.5. The molecule has 0 saturated carbocycles. The van der Waals surface area contributed by atoms with Gasteiger partial charge >= 0.3 is 0 Å². The molecule has 2 aromatic carbocycles. The van der Waals surface area contributed by atoms with Gasteiger partial charge in [0.1, 0.15) is 12.4 Å². The van der Waals surface area contributed by atoms with E-state index in [-0.39, 0.29) is 5.96 Å². The van der Waals surface area contributed by atoms with Crippen LogP contribution in [-0.4, -0.2) is 41.0 Å². The third kappa shape index (κ3) is 3.72. The van der Waals surface area contributed by atoms with Crippen molar-refractivity contribution >= 4 is 22.9 Å². The maximum atomic E-state index is 6.14. The Balaban J connectivity index is 1.37. The van der Waals surface area contributed by atoms with Crippen molar-refractivity contribution in [3.63, 3.8) is 0 Å². The number of benzene rings is 2. The number of hydrogen-bond donors (Lipinski definition) is 2. The van der Waals surface area contributed by atoms with E-state index in [1.54, 1.807) is 7.11 Å². The summed E-state index contributed by atoms with van der Waals surface area (Å²) >= 11 is 0. The molecule has 0 aliphatic carbocycles. The maximum absolute atomic E-state index is 6.14. The smallest absolute Gasteiger partial charge is 0.212 e. The summed E-state index contributed by atoms with van der Waals surface area (Å²) in [6.45, 7) is 5.27. The first kappa shape index (κ1) is 22.1. The molecule has 36 heavy (non-hydrogen) atoms. The number of fused-ring (bicyclic) bond motifs is 4. The Morgan fingerprint density at radius 1 is 1.11 bits per heavy atom. The van der Waals surface area contributed by atoms with Gasteiger partial charge in [0.25, 0.3) is 0 Å². The zero-order valence-electron chi connectivity index (χ0n) is 20.2. The Labute approximate surface area is 206 Å². The van der Waals surface area contributed by atoms with Gasteiger partial charge in [-0.1, -0.05) is 11.2 Å². The lowest BCUT2D eigenvalue weighted by Gasteiger charge is -2.24. The molecule has 0 amide bonds. The van der Waals surface area contributed by atoms with Crippen molar-refractivity contribution in [3.05, 3.63) is 52.9 Å². The van der Waals surface area contributed by atoms with E-state index in [4.69, 9.17) is 34.2 Å². The van der Waals surface area contributed by atoms with Crippen LogP contribution in [0.2, 0.25) is 0 Å². The third-order valence-electron chi connectivity index (χ3n) is 6.34. The molecule has 2 aliphatic rings. The number of aromatic nitrogens is 3. The lowest BCUT2D eigenvalue weighted by atomic mass is 10.1. The maximum Gasteiger partial charge on any atom is 0.212 e. The number of aryl methyl sites for hydroxylation is 2. The van der Waals surface area contributed by atoms with Gasteiger partial charge in [0, 0.05) is 24.1 Å². The first-order chi connectivity index (χ1) is 17.5. The van der Waals surface area contributed by atoms with Gasteiger partial charge in [-0.05, 0) is 26.0 Å². The van der Waals surface area contributed by atoms with E-state index in [0.29, 0.717) is 48.8 Å². The molecule has 6 rings (SSSR count). The van der Waals surface area contributed by atoms with Crippen LogP contribution in [0, 0.1) is 13.8 Å². The van der Waals surface area contributed by atoms with Crippen molar-refractivity contribution in [3.8, 4) is 23.0 Å². The lowest BCUT2D eigenvalue weighted by Crippen LogP contribution is -2.31. The van der Waals surface area contributed by atoms with E-state index in [0.717, 1.165) is 40.0 Å². The van der Waals surface area contributed by atoms with Gasteiger partial charge in [-0.3, -0.25) is 9.88 Å². The predicted molar refractivity (Wildman–Crippen MR) is 132 cm³/mol. The van der Waals surface area contributed by atoms with Crippen LogP contribution in [0.25, 0.3) is 11.0 Å². The van der Waals surface area contributed by atoms with E-state index in [1.165, 1.54) is 0 Å². The summed E-state index contributed by atoms with van der Waals surface area (Å²) in [5.74, 6) is 4.12. The molecule has 2 aromatic heterocycles. The number of methoxy groups -OCH3 is 1. The zero-order chi connectivity index (χ0) is 24.8. The average molecular weight is 491 g/mol. The summed E-state index contributed by atoms with van der Waals surface area (Å²) in [5, 5.41) is 7.05. The molecule has 2 aliphatic heterocycles. The van der Waals surface area contributed by atoms with Crippen molar-refractivity contribution in [1.29, 1.82) is 0 Å². The highest BCUT2D eigenvalue weighted by Crippen LogP contribution is 2.40. The molecule has 0 fully saturated rings. The molecule has 0 spiro atoms. The predicted octanol–water partition coefficient (Wildman–Crippen LogP) is 3.68. The van der Waals surface area contributed by atoms with Crippen LogP contribution in [0.4, 0.5) is 5.95 Å². The van der Waals surface area contributed by atoms with Crippen molar-refractivity contribution in [1.82, 2.24) is 14.7 Å². The molecule has 11 nitrogen and oxygen atoms in total. The number of nitrogens with two attached hydrogens (primary N) is 1. The summed E-state index contributed by atoms with van der Waals surface area (Å²) in [6.07, 6.45) is 0.356. The highest BCUT2D eigenvalue weighted by Gasteiger charge is 2.28. The Morgan fingerprint density at radius 3 is 2.67 bits per heavy atom. The van der Waals surface area contributed by atoms with E-state index in [1.807, 2.05) is 48.7 Å². The summed E-state index contributed by atoms with van der Waals surface area (Å²) in [5.41, 5.74) is 10.3. The number of aliphatic imine (C=N–C) groups is 1. The highest BCUT2D eigenvalue weighted by molar-refractivity contribution is 5.95. The molecule has 0 radical (unpaired) electrons. The quantitative estimate of drug-likeness (QED) is 0.430. The second-order valence-corrected chi connectivity index (χ2v) is 8.66. The molecule has 0 bridgehead atoms. The Bertz CT molecular complexity index is 1470. The van der Waals surface area contributed by atoms with Crippen molar-refractivity contribution in [2.24, 2.45) is 10.7 Å². The molecule has 3 N–H and O–H groups in total. The summed E-state index contributed by atoms with van der Waals surface area (Å²) in [6, 6.07) is 9.53. The van der Waals surface area contributed by atoms with E-state index in [9.17, 15) is 0 Å². The van der Waals surface area contributed by atoms with Crippen molar-refractivity contribution in [2.75, 3.05) is 25.6 Å². The van der Waals surface area contributed by atoms with Gasteiger partial charge in [-0.15, -0.1) is 0 Å². The summed E-state index contributed by atoms with van der Waals surface area (Å²) < 4.78 is 30.7. The normalized spacial score (nSPS) is 16.6. The van der Waals surface area contributed by atoms with Crippen LogP contribution in [0.3, 0.4) is 0 Å². The number of ether oxygens (including phenoxy) is 4. The number of rotatable bonds is 5. The molecule has 1 unspecified atom stereocenters. The summed E-state index contributed by atoms with van der Waals surface area (Å²) in [7, 11) is 1.60. The Hall–Kier alpha value is -4.41. The fraction of sp³-hybridized carbons (Fsp3) is 0.320. The van der Waals surface area contributed by atoms with Crippen LogP contribution in [0.15, 0.2) is 39.8 Å². The van der Waals surface area contributed by atoms with Gasteiger partial charge in [0.05, 0.1) is 42.6 Å². The largest absolute Gasteiger partial charge is 0.493 e. The Kier molecular flexibility index (Phi) is 5.32. The molecule has 4 aromatic rings. The molecular weight excluding hydrogens is 464 g/mol. The van der Waals surface area contributed by atoms with Crippen LogP contribution in [0.5, 0.6) is 23.0 Å². The third-order valence-corrected chi connectivity index (χ3v) is 6.34. The van der Waals surface area contributed by atoms with Gasteiger partial charge in [-0.2, -0.15) is 0 Å². The molecule has 1 atom stereocenters. The number of nitrogens with one attached hydrogen (secondary N) is 1. The van der Waals surface area contributed by atoms with Crippen molar-refractivity contribution in [2.45, 2.75) is 33.0 Å². The number of nitrogens with zero attached hydrogens (tertiary/aromatic N) is 4. The molecule has 11 heteroatoms.